The van der Waals surface area contributed by atoms with Crippen LogP contribution in [0.3, 0.4) is 0 Å². The number of esters is 3. The fourth-order valence-electron chi connectivity index (χ4n) is 10.4. The van der Waals surface area contributed by atoms with Crippen LogP contribution < -0.4 is 0 Å². The summed E-state index contributed by atoms with van der Waals surface area (Å²) in [5.41, 5.74) is -0.199. The quantitative estimate of drug-likeness (QED) is 0.268. The zero-order valence-electron chi connectivity index (χ0n) is 25.8. The third-order valence-electron chi connectivity index (χ3n) is 12.1. The summed E-state index contributed by atoms with van der Waals surface area (Å²) in [6.07, 6.45) is 13.4. The van der Waals surface area contributed by atoms with Gasteiger partial charge in [-0.25, -0.2) is 9.59 Å². The third kappa shape index (κ3) is 4.76. The van der Waals surface area contributed by atoms with Gasteiger partial charge in [0.05, 0.1) is 29.8 Å². The molecule has 230 valence electrons. The molecule has 0 radical (unpaired) electrons. The first kappa shape index (κ1) is 29.8. The molecule has 0 aromatic carbocycles. The molecule has 8 heteroatoms. The Labute approximate surface area is 254 Å². The maximum absolute atomic E-state index is 13.5. The Morgan fingerprint density at radius 2 is 1.53 bits per heavy atom. The van der Waals surface area contributed by atoms with Gasteiger partial charge in [-0.2, -0.15) is 0 Å². The molecule has 0 saturated heterocycles. The van der Waals surface area contributed by atoms with E-state index in [1.807, 2.05) is 6.92 Å². The average Bonchev–Trinajstić information content (AvgIpc) is 3.17. The fraction of sp³-hybridized carbons (Fsp3) is 0.629. The van der Waals surface area contributed by atoms with Gasteiger partial charge in [0.2, 0.25) is 0 Å². The zero-order chi connectivity index (χ0) is 30.5. The molecule has 2 bridgehead atoms. The molecule has 4 aliphatic carbocycles. The van der Waals surface area contributed by atoms with Gasteiger partial charge in [0.1, 0.15) is 6.10 Å². The molecule has 8 nitrogen and oxygen atoms in total. The van der Waals surface area contributed by atoms with Crippen LogP contribution in [0.25, 0.3) is 0 Å². The monoisotopic (exact) mass is 588 g/mol. The van der Waals surface area contributed by atoms with Crippen LogP contribution in [-0.4, -0.2) is 47.2 Å². The van der Waals surface area contributed by atoms with Crippen LogP contribution in [0, 0.1) is 39.4 Å². The summed E-state index contributed by atoms with van der Waals surface area (Å²) < 4.78 is 18.1. The minimum atomic E-state index is -0.515. The number of aromatic nitrogens is 2. The summed E-state index contributed by atoms with van der Waals surface area (Å²) in [4.78, 5) is 48.3. The summed E-state index contributed by atoms with van der Waals surface area (Å²) >= 11 is 0. The number of ether oxygens (including phenoxy) is 3. The Morgan fingerprint density at radius 3 is 2.19 bits per heavy atom. The van der Waals surface area contributed by atoms with Crippen molar-refractivity contribution in [2.45, 2.75) is 85.2 Å². The highest BCUT2D eigenvalue weighted by Crippen LogP contribution is 2.75. The molecule has 2 aromatic rings. The van der Waals surface area contributed by atoms with Gasteiger partial charge >= 0.3 is 17.9 Å². The Balaban J connectivity index is 1.36. The van der Waals surface area contributed by atoms with Gasteiger partial charge in [-0.15, -0.1) is 0 Å². The predicted molar refractivity (Wildman–Crippen MR) is 159 cm³/mol. The summed E-state index contributed by atoms with van der Waals surface area (Å²) in [7, 11) is 0. The van der Waals surface area contributed by atoms with Gasteiger partial charge in [0.25, 0.3) is 0 Å². The Morgan fingerprint density at radius 1 is 0.860 bits per heavy atom. The molecule has 0 N–H and O–H groups in total. The van der Waals surface area contributed by atoms with Crippen molar-refractivity contribution in [3.8, 4) is 0 Å². The van der Waals surface area contributed by atoms with Gasteiger partial charge < -0.3 is 14.2 Å². The molecule has 8 atom stereocenters. The Bertz CT molecular complexity index is 1370. The van der Waals surface area contributed by atoms with Gasteiger partial charge in [-0.05, 0) is 106 Å². The van der Waals surface area contributed by atoms with Crippen LogP contribution in [0.4, 0.5) is 0 Å². The predicted octanol–water partition coefficient (Wildman–Crippen LogP) is 6.45. The van der Waals surface area contributed by atoms with Crippen molar-refractivity contribution in [1.82, 2.24) is 9.97 Å². The number of rotatable bonds is 7. The second-order valence-corrected chi connectivity index (χ2v) is 14.3. The molecule has 1 spiro atoms. The molecule has 4 saturated carbocycles. The normalized spacial score (nSPS) is 37.9. The van der Waals surface area contributed by atoms with Crippen molar-refractivity contribution in [3.05, 3.63) is 60.2 Å². The summed E-state index contributed by atoms with van der Waals surface area (Å²) in [5, 5.41) is 0. The minimum absolute atomic E-state index is 0.0702. The van der Waals surface area contributed by atoms with Gasteiger partial charge in [-0.1, -0.05) is 20.3 Å². The summed E-state index contributed by atoms with van der Waals surface area (Å²) in [6, 6.07) is 6.88. The van der Waals surface area contributed by atoms with Gasteiger partial charge in [0, 0.05) is 36.1 Å². The zero-order valence-corrected chi connectivity index (χ0v) is 25.8. The highest BCUT2D eigenvalue weighted by Gasteiger charge is 2.72. The van der Waals surface area contributed by atoms with Crippen molar-refractivity contribution < 1.29 is 28.6 Å². The van der Waals surface area contributed by atoms with E-state index in [0.717, 1.165) is 51.4 Å². The Hall–Kier alpha value is -3.29. The molecule has 2 heterocycles. The number of hydrogen-bond donors (Lipinski definition) is 0. The first-order chi connectivity index (χ1) is 20.6. The molecule has 0 unspecified atom stereocenters. The highest BCUT2D eigenvalue weighted by molar-refractivity contribution is 5.89. The van der Waals surface area contributed by atoms with E-state index >= 15 is 0 Å². The van der Waals surface area contributed by atoms with Crippen molar-refractivity contribution in [3.63, 3.8) is 0 Å². The Kier molecular flexibility index (Phi) is 7.62. The molecule has 6 rings (SSSR count). The summed E-state index contributed by atoms with van der Waals surface area (Å²) in [5.74, 6) is -0.527. The van der Waals surface area contributed by atoms with Gasteiger partial charge in [-0.3, -0.25) is 14.8 Å². The van der Waals surface area contributed by atoms with Crippen LogP contribution in [0.5, 0.6) is 0 Å². The van der Waals surface area contributed by atoms with E-state index < -0.39 is 23.5 Å². The highest BCUT2D eigenvalue weighted by atomic mass is 16.6. The molecule has 2 aromatic heterocycles. The number of fused-ring (bicyclic) bond motifs is 3. The number of hydrogen-bond acceptors (Lipinski definition) is 8. The second-order valence-electron chi connectivity index (χ2n) is 14.3. The third-order valence-corrected chi connectivity index (χ3v) is 12.1. The van der Waals surface area contributed by atoms with E-state index in [0.29, 0.717) is 23.7 Å². The van der Waals surface area contributed by atoms with Crippen LogP contribution in [-0.2, 0) is 19.0 Å². The lowest BCUT2D eigenvalue weighted by atomic mass is 9.39. The van der Waals surface area contributed by atoms with Crippen LogP contribution in [0.2, 0.25) is 0 Å². The van der Waals surface area contributed by atoms with E-state index in [-0.39, 0.29) is 40.7 Å². The van der Waals surface area contributed by atoms with Crippen molar-refractivity contribution >= 4 is 17.9 Å². The lowest BCUT2D eigenvalue weighted by Gasteiger charge is -2.64. The molecular weight excluding hydrogens is 544 g/mol. The number of carbonyl (C=O) groups is 3. The standard InChI is InChI=1S/C35H44N2O6/c1-5-41-31(40)34(4)14-8-13-33(3)26(34)12-16-35-22-32(2,15-11-27(33)35)28(43-30(39)24-10-7-18-37-20-24)25(35)21-42-29(38)23-9-6-17-36-19-23/h6-7,9-10,17-20,25-28H,5,8,11-16,21-22H2,1-4H3/t25-,26+,27+,28-,32+,33-,34-,35-/m1/s1. The molecule has 0 amide bonds. The maximum atomic E-state index is 13.5. The molecule has 4 aliphatic rings. The number of pyridine rings is 2. The van der Waals surface area contributed by atoms with Crippen molar-refractivity contribution in [2.75, 3.05) is 13.2 Å². The lowest BCUT2D eigenvalue weighted by molar-refractivity contribution is -0.193. The van der Waals surface area contributed by atoms with E-state index in [4.69, 9.17) is 14.2 Å². The topological polar surface area (TPSA) is 105 Å². The van der Waals surface area contributed by atoms with Crippen LogP contribution in [0.1, 0.15) is 99.8 Å². The van der Waals surface area contributed by atoms with Crippen molar-refractivity contribution in [1.29, 1.82) is 0 Å². The first-order valence-electron chi connectivity index (χ1n) is 15.9. The largest absolute Gasteiger partial charge is 0.466 e. The van der Waals surface area contributed by atoms with E-state index in [2.05, 4.69) is 30.7 Å². The van der Waals surface area contributed by atoms with Gasteiger partial charge in [0.15, 0.2) is 0 Å². The fourth-order valence-corrected chi connectivity index (χ4v) is 10.4. The molecule has 43 heavy (non-hydrogen) atoms. The SMILES string of the molecule is CCOC(=O)[C@]1(C)CCC[C@@]2(C)[C@@H]3CC[C@@]4(C)C[C@]3(CC[C@@H]21)[C@H](COC(=O)c1cccnc1)[C@H]4OC(=O)c1cccnc1. The minimum Gasteiger partial charge on any atom is -0.466 e. The number of carbonyl (C=O) groups excluding carboxylic acids is 3. The average molecular weight is 589 g/mol. The first-order valence-corrected chi connectivity index (χ1v) is 15.9. The molecule has 0 aliphatic heterocycles. The number of nitrogens with zero attached hydrogens (tertiary/aromatic N) is 2. The van der Waals surface area contributed by atoms with Crippen molar-refractivity contribution in [2.24, 2.45) is 39.4 Å². The maximum Gasteiger partial charge on any atom is 0.340 e. The second kappa shape index (κ2) is 11.0. The molecular formula is C35H44N2O6. The van der Waals surface area contributed by atoms with E-state index in [9.17, 15) is 14.4 Å². The molecule has 4 fully saturated rings. The van der Waals surface area contributed by atoms with Crippen LogP contribution in [0.15, 0.2) is 49.1 Å². The smallest absolute Gasteiger partial charge is 0.340 e. The van der Waals surface area contributed by atoms with Crippen LogP contribution >= 0.6 is 0 Å². The van der Waals surface area contributed by atoms with E-state index in [1.165, 1.54) is 12.4 Å². The summed E-state index contributed by atoms with van der Waals surface area (Å²) in [6.45, 7) is 9.20. The lowest BCUT2D eigenvalue weighted by Crippen LogP contribution is -2.60. The van der Waals surface area contributed by atoms with E-state index in [1.54, 1.807) is 36.7 Å².